The van der Waals surface area contributed by atoms with Crippen LogP contribution in [0.1, 0.15) is 21.5 Å². The van der Waals surface area contributed by atoms with Gasteiger partial charge in [-0.15, -0.1) is 0 Å². The molecule has 98 valence electrons. The van der Waals surface area contributed by atoms with Crippen molar-refractivity contribution in [1.29, 1.82) is 0 Å². The molecule has 0 saturated carbocycles. The molecular weight excluding hydrogens is 236 g/mol. The van der Waals surface area contributed by atoms with Crippen LogP contribution in [0, 0.1) is 6.92 Å². The van der Waals surface area contributed by atoms with Crippen molar-refractivity contribution in [2.24, 2.45) is 5.73 Å². The minimum Gasteiger partial charge on any atom is -0.326 e. The summed E-state index contributed by atoms with van der Waals surface area (Å²) in [7, 11) is 1.78. The molecule has 3 heteroatoms. The van der Waals surface area contributed by atoms with Gasteiger partial charge in [0, 0.05) is 24.8 Å². The molecule has 0 spiro atoms. The summed E-state index contributed by atoms with van der Waals surface area (Å²) in [5.74, 6) is -0.00130. The van der Waals surface area contributed by atoms with E-state index in [1.165, 1.54) is 0 Å². The zero-order valence-corrected chi connectivity index (χ0v) is 11.3. The number of anilines is 1. The van der Waals surface area contributed by atoms with E-state index in [0.29, 0.717) is 6.54 Å². The van der Waals surface area contributed by atoms with Crippen molar-refractivity contribution in [3.05, 3.63) is 65.2 Å². The van der Waals surface area contributed by atoms with E-state index in [4.69, 9.17) is 5.73 Å². The van der Waals surface area contributed by atoms with Gasteiger partial charge < -0.3 is 10.6 Å². The van der Waals surface area contributed by atoms with Gasteiger partial charge in [0.2, 0.25) is 0 Å². The van der Waals surface area contributed by atoms with Gasteiger partial charge in [0.25, 0.3) is 5.91 Å². The predicted octanol–water partition coefficient (Wildman–Crippen LogP) is 2.73. The smallest absolute Gasteiger partial charge is 0.258 e. The quantitative estimate of drug-likeness (QED) is 0.915. The van der Waals surface area contributed by atoms with Gasteiger partial charge in [-0.3, -0.25) is 4.79 Å². The number of aryl methyl sites for hydroxylation is 1. The fourth-order valence-corrected chi connectivity index (χ4v) is 1.97. The van der Waals surface area contributed by atoms with E-state index in [1.807, 2.05) is 55.5 Å². The van der Waals surface area contributed by atoms with Crippen LogP contribution < -0.4 is 10.6 Å². The zero-order valence-electron chi connectivity index (χ0n) is 11.3. The number of carbonyl (C=O) groups is 1. The van der Waals surface area contributed by atoms with Crippen LogP contribution in [-0.2, 0) is 6.54 Å². The van der Waals surface area contributed by atoms with Crippen LogP contribution in [0.3, 0.4) is 0 Å². The molecule has 0 bridgehead atoms. The molecule has 2 aromatic rings. The number of carbonyl (C=O) groups excluding carboxylic acids is 1. The van der Waals surface area contributed by atoms with Crippen molar-refractivity contribution in [1.82, 2.24) is 0 Å². The molecule has 2 rings (SSSR count). The summed E-state index contributed by atoms with van der Waals surface area (Å²) in [6.07, 6.45) is 0. The summed E-state index contributed by atoms with van der Waals surface area (Å²) in [6, 6.07) is 15.3. The second-order valence-electron chi connectivity index (χ2n) is 4.55. The minimum atomic E-state index is -0.00130. The molecule has 0 atom stereocenters. The minimum absolute atomic E-state index is 0.00130. The van der Waals surface area contributed by atoms with Gasteiger partial charge in [-0.1, -0.05) is 30.3 Å². The lowest BCUT2D eigenvalue weighted by atomic mass is 10.1. The fraction of sp³-hybridized carbons (Fsp3) is 0.188. The number of hydrogen-bond donors (Lipinski definition) is 1. The van der Waals surface area contributed by atoms with Crippen LogP contribution in [0.5, 0.6) is 0 Å². The van der Waals surface area contributed by atoms with Crippen LogP contribution in [0.2, 0.25) is 0 Å². The number of rotatable bonds is 3. The predicted molar refractivity (Wildman–Crippen MR) is 78.2 cm³/mol. The molecule has 0 radical (unpaired) electrons. The highest BCUT2D eigenvalue weighted by Crippen LogP contribution is 2.18. The molecule has 0 unspecified atom stereocenters. The lowest BCUT2D eigenvalue weighted by molar-refractivity contribution is 0.0992. The molecule has 1 amide bonds. The van der Waals surface area contributed by atoms with E-state index >= 15 is 0 Å². The second-order valence-corrected chi connectivity index (χ2v) is 4.55. The van der Waals surface area contributed by atoms with Gasteiger partial charge in [-0.2, -0.15) is 0 Å². The first-order valence-electron chi connectivity index (χ1n) is 6.26. The Hall–Kier alpha value is -2.13. The number of nitrogens with zero attached hydrogens (tertiary/aromatic N) is 1. The van der Waals surface area contributed by atoms with Crippen LogP contribution >= 0.6 is 0 Å². The molecule has 19 heavy (non-hydrogen) atoms. The third-order valence-electron chi connectivity index (χ3n) is 3.24. The van der Waals surface area contributed by atoms with E-state index in [9.17, 15) is 4.79 Å². The molecule has 0 aliphatic rings. The molecule has 2 aromatic carbocycles. The van der Waals surface area contributed by atoms with Crippen molar-refractivity contribution in [3.63, 3.8) is 0 Å². The van der Waals surface area contributed by atoms with Crippen LogP contribution in [-0.4, -0.2) is 13.0 Å². The SMILES string of the molecule is Cc1ccccc1C(=O)N(C)c1ccc(CN)cc1. The molecular formula is C16H18N2O. The van der Waals surface area contributed by atoms with Gasteiger partial charge in [-0.25, -0.2) is 0 Å². The number of nitrogens with two attached hydrogens (primary N) is 1. The third kappa shape index (κ3) is 2.83. The largest absolute Gasteiger partial charge is 0.326 e. The van der Waals surface area contributed by atoms with Crippen LogP contribution in [0.25, 0.3) is 0 Å². The van der Waals surface area contributed by atoms with E-state index in [1.54, 1.807) is 11.9 Å². The average molecular weight is 254 g/mol. The first-order chi connectivity index (χ1) is 9.13. The summed E-state index contributed by atoms with van der Waals surface area (Å²) >= 11 is 0. The van der Waals surface area contributed by atoms with E-state index in [0.717, 1.165) is 22.4 Å². The van der Waals surface area contributed by atoms with E-state index in [2.05, 4.69) is 0 Å². The fourth-order valence-electron chi connectivity index (χ4n) is 1.97. The second kappa shape index (κ2) is 5.67. The Morgan fingerprint density at radius 1 is 1.11 bits per heavy atom. The highest BCUT2D eigenvalue weighted by atomic mass is 16.2. The Labute approximate surface area is 113 Å². The Morgan fingerprint density at radius 2 is 1.74 bits per heavy atom. The molecule has 0 aliphatic heterocycles. The molecule has 2 N–H and O–H groups in total. The van der Waals surface area contributed by atoms with Crippen molar-refractivity contribution in [2.45, 2.75) is 13.5 Å². The van der Waals surface area contributed by atoms with Crippen molar-refractivity contribution >= 4 is 11.6 Å². The van der Waals surface area contributed by atoms with Crippen molar-refractivity contribution in [3.8, 4) is 0 Å². The van der Waals surface area contributed by atoms with E-state index in [-0.39, 0.29) is 5.91 Å². The lowest BCUT2D eigenvalue weighted by Gasteiger charge is -2.18. The Bertz CT molecular complexity index is 576. The lowest BCUT2D eigenvalue weighted by Crippen LogP contribution is -2.26. The summed E-state index contributed by atoms with van der Waals surface area (Å²) in [5, 5.41) is 0. The summed E-state index contributed by atoms with van der Waals surface area (Å²) < 4.78 is 0. The normalized spacial score (nSPS) is 10.3. The molecule has 0 fully saturated rings. The Balaban J connectivity index is 2.26. The topological polar surface area (TPSA) is 46.3 Å². The average Bonchev–Trinajstić information content (AvgIpc) is 2.46. The maximum absolute atomic E-state index is 12.4. The van der Waals surface area contributed by atoms with E-state index < -0.39 is 0 Å². The maximum atomic E-state index is 12.4. The third-order valence-corrected chi connectivity index (χ3v) is 3.24. The number of benzene rings is 2. The monoisotopic (exact) mass is 254 g/mol. The maximum Gasteiger partial charge on any atom is 0.258 e. The van der Waals surface area contributed by atoms with Crippen molar-refractivity contribution < 1.29 is 4.79 Å². The van der Waals surface area contributed by atoms with Gasteiger partial charge in [0.05, 0.1) is 0 Å². The molecule has 0 heterocycles. The van der Waals surface area contributed by atoms with Gasteiger partial charge in [0.15, 0.2) is 0 Å². The first-order valence-corrected chi connectivity index (χ1v) is 6.26. The zero-order chi connectivity index (χ0) is 13.8. The highest BCUT2D eigenvalue weighted by Gasteiger charge is 2.14. The van der Waals surface area contributed by atoms with Gasteiger partial charge >= 0.3 is 0 Å². The standard InChI is InChI=1S/C16H18N2O/c1-12-5-3-4-6-15(12)16(19)18(2)14-9-7-13(11-17)8-10-14/h3-10H,11,17H2,1-2H3. The number of hydrogen-bond acceptors (Lipinski definition) is 2. The highest BCUT2D eigenvalue weighted by molar-refractivity contribution is 6.06. The Kier molecular flexibility index (Phi) is 3.97. The number of amides is 1. The van der Waals surface area contributed by atoms with Crippen LogP contribution in [0.4, 0.5) is 5.69 Å². The molecule has 3 nitrogen and oxygen atoms in total. The van der Waals surface area contributed by atoms with Crippen LogP contribution in [0.15, 0.2) is 48.5 Å². The van der Waals surface area contributed by atoms with Gasteiger partial charge in [0.1, 0.15) is 0 Å². The molecule has 0 aromatic heterocycles. The summed E-state index contributed by atoms with van der Waals surface area (Å²) in [4.78, 5) is 14.1. The summed E-state index contributed by atoms with van der Waals surface area (Å²) in [5.41, 5.74) is 9.20. The van der Waals surface area contributed by atoms with Gasteiger partial charge in [-0.05, 0) is 36.2 Å². The Morgan fingerprint density at radius 3 is 2.32 bits per heavy atom. The molecule has 0 aliphatic carbocycles. The molecule has 0 saturated heterocycles. The first kappa shape index (κ1) is 13.3. The van der Waals surface area contributed by atoms with Crippen molar-refractivity contribution in [2.75, 3.05) is 11.9 Å². The summed E-state index contributed by atoms with van der Waals surface area (Å²) in [6.45, 7) is 2.45.